The maximum atomic E-state index is 5.81. The molecule has 4 heteroatoms. The van der Waals surface area contributed by atoms with Crippen LogP contribution < -0.4 is 5.32 Å². The molecule has 0 spiro atoms. The average molecular weight is 438 g/mol. The second-order valence-electron chi connectivity index (χ2n) is 8.20. The minimum atomic E-state index is 0.263. The highest BCUT2D eigenvalue weighted by Gasteiger charge is 2.27. The molecule has 1 heterocycles. The molecule has 1 aliphatic rings. The third-order valence-corrected chi connectivity index (χ3v) is 6.59. The highest BCUT2D eigenvalue weighted by Crippen LogP contribution is 2.30. The number of benzene rings is 4. The number of nitrogens with zero attached hydrogens (tertiary/aromatic N) is 2. The molecule has 0 unspecified atom stereocenters. The van der Waals surface area contributed by atoms with Gasteiger partial charge in [-0.25, -0.2) is 0 Å². The van der Waals surface area contributed by atoms with E-state index in [0.29, 0.717) is 0 Å². The fourth-order valence-electron chi connectivity index (χ4n) is 4.60. The van der Waals surface area contributed by atoms with E-state index in [1.165, 1.54) is 21.9 Å². The van der Waals surface area contributed by atoms with Gasteiger partial charge in [0.05, 0.1) is 6.04 Å². The van der Waals surface area contributed by atoms with Gasteiger partial charge in [0.15, 0.2) is 5.11 Å². The van der Waals surface area contributed by atoms with Crippen LogP contribution in [0.2, 0.25) is 0 Å². The van der Waals surface area contributed by atoms with Gasteiger partial charge < -0.3 is 10.2 Å². The molecular formula is C28H27N3S. The minimum absolute atomic E-state index is 0.263. The maximum absolute atomic E-state index is 5.81. The number of nitrogens with one attached hydrogen (secondary N) is 1. The van der Waals surface area contributed by atoms with Gasteiger partial charge in [-0.05, 0) is 34.8 Å². The Morgan fingerprint density at radius 2 is 1.22 bits per heavy atom. The van der Waals surface area contributed by atoms with Gasteiger partial charge in [-0.15, -0.1) is 0 Å². The lowest BCUT2D eigenvalue weighted by atomic mass is 9.96. The van der Waals surface area contributed by atoms with E-state index < -0.39 is 0 Å². The third kappa shape index (κ3) is 4.38. The Balaban J connectivity index is 1.30. The molecule has 0 bridgehead atoms. The van der Waals surface area contributed by atoms with Crippen LogP contribution in [0.4, 0.5) is 5.69 Å². The van der Waals surface area contributed by atoms with Crippen LogP contribution in [0, 0.1) is 0 Å². The zero-order valence-electron chi connectivity index (χ0n) is 18.0. The molecule has 0 aromatic heterocycles. The van der Waals surface area contributed by atoms with Crippen molar-refractivity contribution >= 4 is 33.8 Å². The molecule has 160 valence electrons. The SMILES string of the molecule is S=C(Nc1cccc2ccccc12)N1CCN(C(c2ccccc2)c2ccccc2)CC1. The van der Waals surface area contributed by atoms with Crippen molar-refractivity contribution in [2.45, 2.75) is 6.04 Å². The average Bonchev–Trinajstić information content (AvgIpc) is 2.86. The Kier molecular flexibility index (Phi) is 6.15. The van der Waals surface area contributed by atoms with Crippen molar-refractivity contribution < 1.29 is 0 Å². The van der Waals surface area contributed by atoms with E-state index in [4.69, 9.17) is 12.2 Å². The van der Waals surface area contributed by atoms with Gasteiger partial charge in [0.25, 0.3) is 0 Å². The molecule has 0 aliphatic carbocycles. The molecule has 1 N–H and O–H groups in total. The fraction of sp³-hybridized carbons (Fsp3) is 0.179. The van der Waals surface area contributed by atoms with E-state index >= 15 is 0 Å². The van der Waals surface area contributed by atoms with Crippen LogP contribution >= 0.6 is 12.2 Å². The number of thiocarbonyl (C=S) groups is 1. The Morgan fingerprint density at radius 3 is 1.88 bits per heavy atom. The molecule has 0 atom stereocenters. The molecule has 0 radical (unpaired) electrons. The second kappa shape index (κ2) is 9.51. The highest BCUT2D eigenvalue weighted by molar-refractivity contribution is 7.80. The lowest BCUT2D eigenvalue weighted by Gasteiger charge is -2.40. The van der Waals surface area contributed by atoms with Crippen LogP contribution in [-0.2, 0) is 0 Å². The summed E-state index contributed by atoms with van der Waals surface area (Å²) in [7, 11) is 0. The number of hydrogen-bond acceptors (Lipinski definition) is 2. The van der Waals surface area contributed by atoms with Crippen LogP contribution in [-0.4, -0.2) is 41.1 Å². The number of fused-ring (bicyclic) bond motifs is 1. The summed E-state index contributed by atoms with van der Waals surface area (Å²) in [5, 5.41) is 6.72. The summed E-state index contributed by atoms with van der Waals surface area (Å²) in [6, 6.07) is 36.6. The molecule has 5 rings (SSSR count). The van der Waals surface area contributed by atoms with Gasteiger partial charge in [-0.2, -0.15) is 0 Å². The molecule has 32 heavy (non-hydrogen) atoms. The van der Waals surface area contributed by atoms with Gasteiger partial charge in [-0.1, -0.05) is 97.1 Å². The van der Waals surface area contributed by atoms with E-state index in [1.807, 2.05) is 0 Å². The Bertz CT molecular complexity index is 1140. The number of anilines is 1. The van der Waals surface area contributed by atoms with Crippen molar-refractivity contribution in [1.29, 1.82) is 0 Å². The topological polar surface area (TPSA) is 18.5 Å². The molecule has 1 fully saturated rings. The van der Waals surface area contributed by atoms with Gasteiger partial charge in [0.1, 0.15) is 0 Å². The molecule has 3 nitrogen and oxygen atoms in total. The highest BCUT2D eigenvalue weighted by atomic mass is 32.1. The molecule has 4 aromatic carbocycles. The number of piperazine rings is 1. The van der Waals surface area contributed by atoms with Crippen molar-refractivity contribution in [3.05, 3.63) is 114 Å². The first kappa shape index (κ1) is 20.7. The van der Waals surface area contributed by atoms with Crippen molar-refractivity contribution in [2.75, 3.05) is 31.5 Å². The van der Waals surface area contributed by atoms with Crippen molar-refractivity contribution in [3.8, 4) is 0 Å². The number of rotatable bonds is 4. The van der Waals surface area contributed by atoms with Crippen molar-refractivity contribution in [2.24, 2.45) is 0 Å². The summed E-state index contributed by atoms with van der Waals surface area (Å²) in [4.78, 5) is 4.86. The monoisotopic (exact) mass is 437 g/mol. The van der Waals surface area contributed by atoms with Crippen LogP contribution in [0.25, 0.3) is 10.8 Å². The third-order valence-electron chi connectivity index (χ3n) is 6.23. The molecule has 0 saturated carbocycles. The van der Waals surface area contributed by atoms with Gasteiger partial charge in [0.2, 0.25) is 0 Å². The molecule has 0 amide bonds. The Morgan fingerprint density at radius 1 is 0.656 bits per heavy atom. The smallest absolute Gasteiger partial charge is 0.173 e. The van der Waals surface area contributed by atoms with Crippen LogP contribution in [0.1, 0.15) is 17.2 Å². The van der Waals surface area contributed by atoms with Crippen LogP contribution in [0.15, 0.2) is 103 Å². The number of hydrogen-bond donors (Lipinski definition) is 1. The first-order valence-electron chi connectivity index (χ1n) is 11.2. The van der Waals surface area contributed by atoms with E-state index in [9.17, 15) is 0 Å². The first-order chi connectivity index (χ1) is 15.8. The van der Waals surface area contributed by atoms with E-state index in [2.05, 4.69) is 118 Å². The summed E-state index contributed by atoms with van der Waals surface area (Å²) in [6.07, 6.45) is 0. The zero-order valence-corrected chi connectivity index (χ0v) is 18.8. The quantitative estimate of drug-likeness (QED) is 0.398. The van der Waals surface area contributed by atoms with Crippen LogP contribution in [0.3, 0.4) is 0 Å². The standard InChI is InChI=1S/C28H27N3S/c32-28(29-26-17-9-15-22-10-7-8-16-25(22)26)31-20-18-30(19-21-31)27(23-11-3-1-4-12-23)24-13-5-2-6-14-24/h1-17,27H,18-21H2,(H,29,32). The second-order valence-corrected chi connectivity index (χ2v) is 8.59. The Hall–Kier alpha value is -3.21. The summed E-state index contributed by atoms with van der Waals surface area (Å²) in [5.41, 5.74) is 3.74. The molecule has 1 saturated heterocycles. The van der Waals surface area contributed by atoms with Gasteiger partial charge in [-0.3, -0.25) is 4.90 Å². The maximum Gasteiger partial charge on any atom is 0.173 e. The fourth-order valence-corrected chi connectivity index (χ4v) is 4.89. The predicted molar refractivity (Wildman–Crippen MR) is 138 cm³/mol. The van der Waals surface area contributed by atoms with E-state index in [-0.39, 0.29) is 6.04 Å². The minimum Gasteiger partial charge on any atom is -0.346 e. The molecule has 1 aliphatic heterocycles. The van der Waals surface area contributed by atoms with Crippen molar-refractivity contribution in [1.82, 2.24) is 9.80 Å². The summed E-state index contributed by atoms with van der Waals surface area (Å²) < 4.78 is 0. The van der Waals surface area contributed by atoms with Crippen LogP contribution in [0.5, 0.6) is 0 Å². The lowest BCUT2D eigenvalue weighted by molar-refractivity contribution is 0.151. The van der Waals surface area contributed by atoms with E-state index in [1.54, 1.807) is 0 Å². The summed E-state index contributed by atoms with van der Waals surface area (Å²) in [5.74, 6) is 0. The van der Waals surface area contributed by atoms with E-state index in [0.717, 1.165) is 37.0 Å². The first-order valence-corrected chi connectivity index (χ1v) is 11.6. The Labute approximate surface area is 195 Å². The van der Waals surface area contributed by atoms with Gasteiger partial charge >= 0.3 is 0 Å². The zero-order chi connectivity index (χ0) is 21.8. The normalized spacial score (nSPS) is 14.6. The molecular weight excluding hydrogens is 410 g/mol. The molecule has 4 aromatic rings. The lowest BCUT2D eigenvalue weighted by Crippen LogP contribution is -2.51. The van der Waals surface area contributed by atoms with Crippen molar-refractivity contribution in [3.63, 3.8) is 0 Å². The predicted octanol–water partition coefficient (Wildman–Crippen LogP) is 5.94. The van der Waals surface area contributed by atoms with Gasteiger partial charge in [0, 0.05) is 37.3 Å². The summed E-state index contributed by atoms with van der Waals surface area (Å²) >= 11 is 5.81. The largest absolute Gasteiger partial charge is 0.346 e. The summed E-state index contributed by atoms with van der Waals surface area (Å²) in [6.45, 7) is 3.75.